The van der Waals surface area contributed by atoms with E-state index in [0.717, 1.165) is 27.1 Å². The van der Waals surface area contributed by atoms with E-state index in [1.54, 1.807) is 36.0 Å². The molecular weight excluding hydrogens is 460 g/mol. The molecule has 0 radical (unpaired) electrons. The Morgan fingerprint density at radius 3 is 2.76 bits per heavy atom. The van der Waals surface area contributed by atoms with E-state index in [2.05, 4.69) is 37.4 Å². The summed E-state index contributed by atoms with van der Waals surface area (Å²) in [5.41, 5.74) is 3.23. The first kappa shape index (κ1) is 23.3. The second-order valence-electron chi connectivity index (χ2n) is 7.64. The number of rotatable bonds is 8. The van der Waals surface area contributed by atoms with Crippen molar-refractivity contribution in [3.05, 3.63) is 58.0 Å². The number of fused-ring (bicyclic) bond motifs is 1. The molecule has 9 heteroatoms. The van der Waals surface area contributed by atoms with Gasteiger partial charge in [-0.3, -0.25) is 19.3 Å². The number of thioether (sulfide) groups is 2. The molecule has 33 heavy (non-hydrogen) atoms. The van der Waals surface area contributed by atoms with Gasteiger partial charge in [-0.1, -0.05) is 12.1 Å². The van der Waals surface area contributed by atoms with Crippen LogP contribution in [0.5, 0.6) is 11.5 Å². The summed E-state index contributed by atoms with van der Waals surface area (Å²) in [6.07, 6.45) is 2.03. The zero-order valence-electron chi connectivity index (χ0n) is 18.4. The van der Waals surface area contributed by atoms with Crippen molar-refractivity contribution in [2.75, 3.05) is 25.6 Å². The van der Waals surface area contributed by atoms with Crippen LogP contribution in [0.2, 0.25) is 0 Å². The second-order valence-corrected chi connectivity index (χ2v) is 9.80. The highest BCUT2D eigenvalue weighted by molar-refractivity contribution is 8.18. The van der Waals surface area contributed by atoms with E-state index in [1.165, 1.54) is 11.1 Å². The highest BCUT2D eigenvalue weighted by atomic mass is 32.2. The molecule has 0 aromatic heterocycles. The fourth-order valence-electron chi connectivity index (χ4n) is 3.31. The van der Waals surface area contributed by atoms with Crippen molar-refractivity contribution in [3.63, 3.8) is 0 Å². The number of aryl methyl sites for hydroxylation is 2. The molecule has 1 fully saturated rings. The van der Waals surface area contributed by atoms with Gasteiger partial charge >= 0.3 is 0 Å². The molecule has 2 aromatic carbocycles. The molecule has 3 amide bonds. The largest absolute Gasteiger partial charge is 0.454 e. The van der Waals surface area contributed by atoms with E-state index in [9.17, 15) is 14.4 Å². The molecule has 4 rings (SSSR count). The highest BCUT2D eigenvalue weighted by Crippen LogP contribution is 2.36. The summed E-state index contributed by atoms with van der Waals surface area (Å²) in [5.74, 6) is 1.47. The maximum atomic E-state index is 12.7. The van der Waals surface area contributed by atoms with E-state index >= 15 is 0 Å². The standard InChI is InChI=1S/C24H24N2O5S2/c1-15-3-5-18(11-16(15)2)32-10-7-22(27)25-8-9-26-23(28)21(33-24(26)29)13-17-4-6-19-20(12-17)31-14-30-19/h3-6,11-13H,7-10,14H2,1-2H3,(H,25,27)/b21-13-. The molecular formula is C24H24N2O5S2. The molecule has 172 valence electrons. The van der Waals surface area contributed by atoms with Gasteiger partial charge < -0.3 is 14.8 Å². The van der Waals surface area contributed by atoms with Gasteiger partial charge in [-0.25, -0.2) is 0 Å². The Morgan fingerprint density at radius 2 is 1.94 bits per heavy atom. The van der Waals surface area contributed by atoms with Crippen LogP contribution in [0.15, 0.2) is 46.2 Å². The third kappa shape index (κ3) is 5.72. The first-order valence-corrected chi connectivity index (χ1v) is 12.3. The number of benzene rings is 2. The van der Waals surface area contributed by atoms with Gasteiger partial charge in [0.25, 0.3) is 11.1 Å². The van der Waals surface area contributed by atoms with Gasteiger partial charge in [-0.2, -0.15) is 0 Å². The number of ether oxygens (including phenoxy) is 2. The van der Waals surface area contributed by atoms with Crippen molar-refractivity contribution in [2.24, 2.45) is 0 Å². The summed E-state index contributed by atoms with van der Waals surface area (Å²) < 4.78 is 10.6. The lowest BCUT2D eigenvalue weighted by molar-refractivity contribution is -0.124. The minimum atomic E-state index is -0.359. The quantitative estimate of drug-likeness (QED) is 0.440. The molecule has 0 bridgehead atoms. The molecule has 0 saturated carbocycles. The van der Waals surface area contributed by atoms with Gasteiger partial charge in [0, 0.05) is 30.2 Å². The Balaban J connectivity index is 1.23. The first-order valence-electron chi connectivity index (χ1n) is 10.5. The molecule has 0 unspecified atom stereocenters. The van der Waals surface area contributed by atoms with Crippen molar-refractivity contribution in [3.8, 4) is 11.5 Å². The molecule has 1 saturated heterocycles. The number of carbonyl (C=O) groups excluding carboxylic acids is 3. The number of hydrogen-bond acceptors (Lipinski definition) is 7. The van der Waals surface area contributed by atoms with Gasteiger partial charge in [0.15, 0.2) is 11.5 Å². The summed E-state index contributed by atoms with van der Waals surface area (Å²) in [4.78, 5) is 39.7. The van der Waals surface area contributed by atoms with Crippen LogP contribution in [0, 0.1) is 13.8 Å². The Morgan fingerprint density at radius 1 is 1.12 bits per heavy atom. The summed E-state index contributed by atoms with van der Waals surface area (Å²) in [5, 5.41) is 2.45. The maximum Gasteiger partial charge on any atom is 0.293 e. The van der Waals surface area contributed by atoms with Crippen LogP contribution in [0.3, 0.4) is 0 Å². The monoisotopic (exact) mass is 484 g/mol. The van der Waals surface area contributed by atoms with E-state index in [0.29, 0.717) is 28.6 Å². The molecule has 2 aliphatic rings. The predicted molar refractivity (Wildman–Crippen MR) is 130 cm³/mol. The summed E-state index contributed by atoms with van der Waals surface area (Å²) >= 11 is 2.53. The zero-order chi connectivity index (χ0) is 23.4. The SMILES string of the molecule is Cc1ccc(SCCC(=O)NCCN2C(=O)S/C(=C\c3ccc4c(c3)OCO4)C2=O)cc1C. The average molecular weight is 485 g/mol. The van der Waals surface area contributed by atoms with Gasteiger partial charge in [-0.05, 0) is 72.6 Å². The predicted octanol–water partition coefficient (Wildman–Crippen LogP) is 4.37. The smallest absolute Gasteiger partial charge is 0.293 e. The van der Waals surface area contributed by atoms with Crippen LogP contribution in [0.4, 0.5) is 4.79 Å². The summed E-state index contributed by atoms with van der Waals surface area (Å²) in [7, 11) is 0. The number of carbonyl (C=O) groups is 3. The summed E-state index contributed by atoms with van der Waals surface area (Å²) in [6.45, 7) is 4.68. The van der Waals surface area contributed by atoms with E-state index in [4.69, 9.17) is 9.47 Å². The maximum absolute atomic E-state index is 12.7. The lowest BCUT2D eigenvalue weighted by Crippen LogP contribution is -2.37. The van der Waals surface area contributed by atoms with Crippen LogP contribution in [-0.4, -0.2) is 47.6 Å². The number of amides is 3. The number of nitrogens with zero attached hydrogens (tertiary/aromatic N) is 1. The Labute approximate surface area is 200 Å². The normalized spacial score (nSPS) is 16.1. The molecule has 2 heterocycles. The third-order valence-corrected chi connectivity index (χ3v) is 7.20. The Kier molecular flexibility index (Phi) is 7.29. The van der Waals surface area contributed by atoms with Crippen molar-refractivity contribution >= 4 is 46.7 Å². The topological polar surface area (TPSA) is 84.9 Å². The van der Waals surface area contributed by atoms with Crippen molar-refractivity contribution < 1.29 is 23.9 Å². The minimum Gasteiger partial charge on any atom is -0.454 e. The lowest BCUT2D eigenvalue weighted by atomic mass is 10.1. The van der Waals surface area contributed by atoms with Crippen molar-refractivity contribution in [2.45, 2.75) is 25.2 Å². The van der Waals surface area contributed by atoms with Crippen molar-refractivity contribution in [1.29, 1.82) is 0 Å². The van der Waals surface area contributed by atoms with E-state index < -0.39 is 0 Å². The van der Waals surface area contributed by atoms with Gasteiger partial charge in [0.2, 0.25) is 12.7 Å². The van der Waals surface area contributed by atoms with E-state index in [1.807, 2.05) is 0 Å². The molecule has 0 atom stereocenters. The van der Waals surface area contributed by atoms with Crippen LogP contribution in [0.25, 0.3) is 6.08 Å². The number of nitrogens with one attached hydrogen (secondary N) is 1. The third-order valence-electron chi connectivity index (χ3n) is 5.30. The first-order chi connectivity index (χ1) is 15.9. The fraction of sp³-hybridized carbons (Fsp3) is 0.292. The minimum absolute atomic E-state index is 0.103. The average Bonchev–Trinajstić information content (AvgIpc) is 3.35. The highest BCUT2D eigenvalue weighted by Gasteiger charge is 2.34. The molecule has 7 nitrogen and oxygen atoms in total. The lowest BCUT2D eigenvalue weighted by Gasteiger charge is -2.13. The second kappa shape index (κ2) is 10.4. The van der Waals surface area contributed by atoms with Crippen molar-refractivity contribution in [1.82, 2.24) is 10.2 Å². The van der Waals surface area contributed by atoms with Crippen LogP contribution in [0.1, 0.15) is 23.1 Å². The summed E-state index contributed by atoms with van der Waals surface area (Å²) in [6, 6.07) is 11.6. The molecule has 0 spiro atoms. The Bertz CT molecular complexity index is 1130. The van der Waals surface area contributed by atoms with Gasteiger partial charge in [0.05, 0.1) is 4.91 Å². The molecule has 2 aliphatic heterocycles. The van der Waals surface area contributed by atoms with Crippen LogP contribution < -0.4 is 14.8 Å². The van der Waals surface area contributed by atoms with Crippen LogP contribution in [-0.2, 0) is 9.59 Å². The zero-order valence-corrected chi connectivity index (χ0v) is 20.0. The van der Waals surface area contributed by atoms with Gasteiger partial charge in [-0.15, -0.1) is 11.8 Å². The fourth-order valence-corrected chi connectivity index (χ4v) is 5.12. The molecule has 1 N–H and O–H groups in total. The number of hydrogen-bond donors (Lipinski definition) is 1. The van der Waals surface area contributed by atoms with Gasteiger partial charge in [0.1, 0.15) is 0 Å². The van der Waals surface area contributed by atoms with Crippen LogP contribution >= 0.6 is 23.5 Å². The molecule has 0 aliphatic carbocycles. The van der Waals surface area contributed by atoms with E-state index in [-0.39, 0.29) is 36.9 Å². The Hall–Kier alpha value is -2.91. The molecule has 2 aromatic rings. The number of imide groups is 1.